The van der Waals surface area contributed by atoms with Crippen LogP contribution in [0.3, 0.4) is 0 Å². The van der Waals surface area contributed by atoms with E-state index in [0.717, 1.165) is 19.4 Å². The fourth-order valence-corrected chi connectivity index (χ4v) is 3.77. The molecule has 0 radical (unpaired) electrons. The number of hydrogen-bond donors (Lipinski definition) is 1. The highest BCUT2D eigenvalue weighted by molar-refractivity contribution is 9.11. The number of thiophene rings is 1. The first kappa shape index (κ1) is 14.5. The predicted octanol–water partition coefficient (Wildman–Crippen LogP) is 2.84. The molecule has 5 heteroatoms. The van der Waals surface area contributed by atoms with Gasteiger partial charge in [0.2, 0.25) is 0 Å². The van der Waals surface area contributed by atoms with Crippen LogP contribution in [-0.4, -0.2) is 36.7 Å². The Morgan fingerprint density at radius 3 is 2.89 bits per heavy atom. The van der Waals surface area contributed by atoms with Crippen LogP contribution in [0.4, 0.5) is 0 Å². The first-order chi connectivity index (χ1) is 8.60. The summed E-state index contributed by atoms with van der Waals surface area (Å²) in [7, 11) is 2.13. The Kier molecular flexibility index (Phi) is 5.21. The highest BCUT2D eigenvalue weighted by Crippen LogP contribution is 2.26. The molecule has 0 amide bonds. The molecule has 0 spiro atoms. The van der Waals surface area contributed by atoms with Gasteiger partial charge in [-0.3, -0.25) is 4.90 Å². The minimum absolute atomic E-state index is 0.289. The number of likely N-dealkylation sites (N-methyl/N-ethyl adjacent to an activating group) is 1. The molecule has 0 aliphatic carbocycles. The molecule has 2 heterocycles. The molecular weight excluding hydrogens is 312 g/mol. The number of halogens is 1. The van der Waals surface area contributed by atoms with E-state index in [2.05, 4.69) is 46.2 Å². The molecule has 0 saturated carbocycles. The van der Waals surface area contributed by atoms with Gasteiger partial charge < -0.3 is 10.5 Å². The van der Waals surface area contributed by atoms with E-state index in [4.69, 9.17) is 10.5 Å². The molecule has 1 aromatic rings. The molecule has 0 bridgehead atoms. The molecule has 0 aromatic carbocycles. The van der Waals surface area contributed by atoms with Crippen molar-refractivity contribution in [3.05, 3.63) is 20.8 Å². The Balaban J connectivity index is 1.95. The highest BCUT2D eigenvalue weighted by atomic mass is 79.9. The maximum absolute atomic E-state index is 5.95. The van der Waals surface area contributed by atoms with Crippen LogP contribution in [0.5, 0.6) is 0 Å². The summed E-state index contributed by atoms with van der Waals surface area (Å²) < 4.78 is 7.13. The molecule has 1 fully saturated rings. The number of nitrogens with zero attached hydrogens (tertiary/aromatic N) is 1. The van der Waals surface area contributed by atoms with Crippen LogP contribution in [0.15, 0.2) is 15.2 Å². The van der Waals surface area contributed by atoms with Gasteiger partial charge in [-0.1, -0.05) is 0 Å². The summed E-state index contributed by atoms with van der Waals surface area (Å²) in [5, 5.41) is 2.19. The van der Waals surface area contributed by atoms with Crippen LogP contribution in [0, 0.1) is 0 Å². The molecule has 18 heavy (non-hydrogen) atoms. The van der Waals surface area contributed by atoms with Gasteiger partial charge in [-0.25, -0.2) is 0 Å². The van der Waals surface area contributed by atoms with Crippen molar-refractivity contribution in [2.75, 3.05) is 13.6 Å². The molecular formula is C13H21BrN2OS. The zero-order valence-electron chi connectivity index (χ0n) is 10.9. The summed E-state index contributed by atoms with van der Waals surface area (Å²) in [5.41, 5.74) is 7.26. The number of rotatable bonds is 5. The van der Waals surface area contributed by atoms with Gasteiger partial charge in [0.1, 0.15) is 0 Å². The van der Waals surface area contributed by atoms with Gasteiger partial charge in [0.05, 0.1) is 16.0 Å². The van der Waals surface area contributed by atoms with Crippen molar-refractivity contribution in [1.29, 1.82) is 0 Å². The van der Waals surface area contributed by atoms with Gasteiger partial charge in [0.15, 0.2) is 0 Å². The van der Waals surface area contributed by atoms with Gasteiger partial charge in [-0.15, -0.1) is 11.3 Å². The Morgan fingerprint density at radius 1 is 1.61 bits per heavy atom. The van der Waals surface area contributed by atoms with Crippen LogP contribution in [0.1, 0.15) is 25.3 Å². The van der Waals surface area contributed by atoms with Gasteiger partial charge >= 0.3 is 0 Å². The van der Waals surface area contributed by atoms with Crippen molar-refractivity contribution in [3.63, 3.8) is 0 Å². The molecule has 3 atom stereocenters. The molecule has 1 aliphatic heterocycles. The zero-order valence-corrected chi connectivity index (χ0v) is 13.3. The van der Waals surface area contributed by atoms with Crippen molar-refractivity contribution < 1.29 is 4.74 Å². The van der Waals surface area contributed by atoms with E-state index in [0.29, 0.717) is 18.7 Å². The second kappa shape index (κ2) is 6.48. The van der Waals surface area contributed by atoms with Gasteiger partial charge in [-0.2, -0.15) is 0 Å². The van der Waals surface area contributed by atoms with Crippen molar-refractivity contribution in [2.45, 2.75) is 44.6 Å². The summed E-state index contributed by atoms with van der Waals surface area (Å²) in [6.07, 6.45) is 2.95. The third-order valence-corrected chi connectivity index (χ3v) is 5.11. The van der Waals surface area contributed by atoms with Crippen molar-refractivity contribution in [3.8, 4) is 0 Å². The van der Waals surface area contributed by atoms with E-state index in [1.54, 1.807) is 11.3 Å². The quantitative estimate of drug-likeness (QED) is 0.901. The lowest BCUT2D eigenvalue weighted by Crippen LogP contribution is -2.46. The lowest BCUT2D eigenvalue weighted by Gasteiger charge is -2.31. The summed E-state index contributed by atoms with van der Waals surface area (Å²) in [6.45, 7) is 3.72. The van der Waals surface area contributed by atoms with E-state index in [1.165, 1.54) is 9.35 Å². The van der Waals surface area contributed by atoms with E-state index < -0.39 is 0 Å². The van der Waals surface area contributed by atoms with Crippen LogP contribution >= 0.6 is 27.3 Å². The maximum atomic E-state index is 5.95. The van der Waals surface area contributed by atoms with E-state index in [9.17, 15) is 0 Å². The first-order valence-corrected chi connectivity index (χ1v) is 8.06. The van der Waals surface area contributed by atoms with Gasteiger partial charge in [0.25, 0.3) is 0 Å². The Morgan fingerprint density at radius 2 is 2.39 bits per heavy atom. The minimum atomic E-state index is 0.289. The largest absolute Gasteiger partial charge is 0.374 e. The molecule has 102 valence electrons. The Labute approximate surface area is 121 Å². The molecule has 2 N–H and O–H groups in total. The summed E-state index contributed by atoms with van der Waals surface area (Å²) in [4.78, 5) is 2.32. The molecule has 2 rings (SSSR count). The summed E-state index contributed by atoms with van der Waals surface area (Å²) in [6, 6.07) is 2.49. The Hall–Kier alpha value is 0.0600. The first-order valence-electron chi connectivity index (χ1n) is 6.39. The van der Waals surface area contributed by atoms with Crippen LogP contribution in [0.2, 0.25) is 0 Å². The topological polar surface area (TPSA) is 38.5 Å². The standard InChI is InChI=1S/C13H21BrN2OS/c1-9-3-4-12(17-9)11(6-15)16(2)7-10-5-13(14)18-8-10/h5,8-9,11-12H,3-4,6-7,15H2,1-2H3. The number of hydrogen-bond acceptors (Lipinski definition) is 4. The van der Waals surface area contributed by atoms with Crippen LogP contribution in [0.25, 0.3) is 0 Å². The molecule has 3 unspecified atom stereocenters. The third-order valence-electron chi connectivity index (χ3n) is 3.56. The number of ether oxygens (including phenoxy) is 1. The monoisotopic (exact) mass is 332 g/mol. The zero-order chi connectivity index (χ0) is 13.1. The molecule has 1 aliphatic rings. The molecule has 3 nitrogen and oxygen atoms in total. The second-order valence-corrected chi connectivity index (χ2v) is 7.33. The summed E-state index contributed by atoms with van der Waals surface area (Å²) in [5.74, 6) is 0. The van der Waals surface area contributed by atoms with Crippen LogP contribution < -0.4 is 5.73 Å². The van der Waals surface area contributed by atoms with Gasteiger partial charge in [-0.05, 0) is 59.8 Å². The summed E-state index contributed by atoms with van der Waals surface area (Å²) >= 11 is 5.23. The lowest BCUT2D eigenvalue weighted by molar-refractivity contribution is 0.000868. The average molecular weight is 333 g/mol. The third kappa shape index (κ3) is 3.54. The van der Waals surface area contributed by atoms with Crippen LogP contribution in [-0.2, 0) is 11.3 Å². The van der Waals surface area contributed by atoms with Gasteiger partial charge in [0, 0.05) is 19.1 Å². The average Bonchev–Trinajstić information content (AvgIpc) is 2.89. The maximum Gasteiger partial charge on any atom is 0.0747 e. The lowest BCUT2D eigenvalue weighted by atomic mass is 10.1. The van der Waals surface area contributed by atoms with Crippen molar-refractivity contribution in [1.82, 2.24) is 4.90 Å². The SMILES string of the molecule is CC1CCC(C(CN)N(C)Cc2csc(Br)c2)O1. The fourth-order valence-electron chi connectivity index (χ4n) is 2.57. The second-order valence-electron chi connectivity index (χ2n) is 5.04. The fraction of sp³-hybridized carbons (Fsp3) is 0.692. The highest BCUT2D eigenvalue weighted by Gasteiger charge is 2.31. The molecule has 1 aromatic heterocycles. The minimum Gasteiger partial charge on any atom is -0.374 e. The van der Waals surface area contributed by atoms with Crippen molar-refractivity contribution in [2.24, 2.45) is 5.73 Å². The normalized spacial score (nSPS) is 25.8. The Bertz CT molecular complexity index is 385. The van der Waals surface area contributed by atoms with Crippen molar-refractivity contribution >= 4 is 27.3 Å². The van der Waals surface area contributed by atoms with E-state index in [-0.39, 0.29) is 6.10 Å². The molecule has 1 saturated heterocycles. The predicted molar refractivity (Wildman–Crippen MR) is 79.9 cm³/mol. The van der Waals surface area contributed by atoms with E-state index in [1.807, 2.05) is 0 Å². The number of nitrogens with two attached hydrogens (primary N) is 1. The smallest absolute Gasteiger partial charge is 0.0747 e. The van der Waals surface area contributed by atoms with E-state index >= 15 is 0 Å².